The lowest BCUT2D eigenvalue weighted by atomic mass is 10.2. The maximum absolute atomic E-state index is 12.3. The number of amides is 1. The number of halogens is 1. The van der Waals surface area contributed by atoms with E-state index in [4.69, 9.17) is 16.3 Å². The zero-order valence-electron chi connectivity index (χ0n) is 14.0. The molecule has 1 amide bonds. The quantitative estimate of drug-likeness (QED) is 0.796. The molecule has 0 aromatic heterocycles. The van der Waals surface area contributed by atoms with Crippen molar-refractivity contribution in [2.24, 2.45) is 0 Å². The van der Waals surface area contributed by atoms with E-state index in [1.165, 1.54) is 19.2 Å². The molecule has 0 saturated heterocycles. The summed E-state index contributed by atoms with van der Waals surface area (Å²) in [5.74, 6) is 0.181. The van der Waals surface area contributed by atoms with Crippen molar-refractivity contribution in [2.45, 2.75) is 19.1 Å². The van der Waals surface area contributed by atoms with Crippen molar-refractivity contribution in [1.29, 1.82) is 0 Å². The van der Waals surface area contributed by atoms with Gasteiger partial charge in [0.25, 0.3) is 5.91 Å². The summed E-state index contributed by atoms with van der Waals surface area (Å²) in [6.45, 7) is 3.17. The van der Waals surface area contributed by atoms with E-state index >= 15 is 0 Å². The van der Waals surface area contributed by atoms with Gasteiger partial charge in [0.2, 0.25) is 10.0 Å². The van der Waals surface area contributed by atoms with Gasteiger partial charge in [-0.1, -0.05) is 11.6 Å². The molecule has 8 heteroatoms. The first-order chi connectivity index (χ1) is 11.7. The highest BCUT2D eigenvalue weighted by Gasteiger charge is 2.15. The van der Waals surface area contributed by atoms with Gasteiger partial charge in [0, 0.05) is 16.9 Å². The molecule has 0 fully saturated rings. The number of anilines is 2. The standard InChI is InChI=1S/C17H19ClN2O4S/c1-11(2)25(22,23)20-13-6-4-12(5-7-13)17(21)19-14-8-9-16(24-3)15(18)10-14/h4-11,20H,1-3H3,(H,19,21). The first-order valence-electron chi connectivity index (χ1n) is 7.49. The van der Waals surface area contributed by atoms with Crippen LogP contribution in [0.15, 0.2) is 42.5 Å². The van der Waals surface area contributed by atoms with Crippen LogP contribution >= 0.6 is 11.6 Å². The molecule has 0 aliphatic carbocycles. The van der Waals surface area contributed by atoms with E-state index in [0.717, 1.165) is 0 Å². The molecule has 134 valence electrons. The Bertz CT molecular complexity index is 865. The van der Waals surface area contributed by atoms with Gasteiger partial charge in [-0.25, -0.2) is 8.42 Å². The molecule has 0 bridgehead atoms. The van der Waals surface area contributed by atoms with E-state index in [2.05, 4.69) is 10.0 Å². The second-order valence-electron chi connectivity index (χ2n) is 5.58. The zero-order valence-corrected chi connectivity index (χ0v) is 15.6. The van der Waals surface area contributed by atoms with Crippen LogP contribution in [0.25, 0.3) is 0 Å². The average Bonchev–Trinajstić information content (AvgIpc) is 2.55. The first-order valence-corrected chi connectivity index (χ1v) is 9.42. The number of hydrogen-bond donors (Lipinski definition) is 2. The third kappa shape index (κ3) is 4.87. The molecule has 0 radical (unpaired) electrons. The fourth-order valence-electron chi connectivity index (χ4n) is 1.92. The predicted molar refractivity (Wildman–Crippen MR) is 100 cm³/mol. The molecule has 0 aliphatic heterocycles. The smallest absolute Gasteiger partial charge is 0.255 e. The lowest BCUT2D eigenvalue weighted by Crippen LogP contribution is -2.22. The van der Waals surface area contributed by atoms with Gasteiger partial charge in [-0.2, -0.15) is 0 Å². The van der Waals surface area contributed by atoms with Gasteiger partial charge in [0.15, 0.2) is 0 Å². The first kappa shape index (κ1) is 19.1. The Morgan fingerprint density at radius 2 is 1.68 bits per heavy atom. The fourth-order valence-corrected chi connectivity index (χ4v) is 2.88. The summed E-state index contributed by atoms with van der Waals surface area (Å²) in [4.78, 5) is 12.3. The Morgan fingerprint density at radius 1 is 1.08 bits per heavy atom. The number of benzene rings is 2. The Hall–Kier alpha value is -2.25. The minimum atomic E-state index is -3.42. The number of hydrogen-bond acceptors (Lipinski definition) is 4. The number of rotatable bonds is 6. The second-order valence-corrected chi connectivity index (χ2v) is 8.22. The Balaban J connectivity index is 2.09. The molecular formula is C17H19ClN2O4S. The van der Waals surface area contributed by atoms with E-state index in [1.807, 2.05) is 0 Å². The summed E-state index contributed by atoms with van der Waals surface area (Å²) < 4.78 is 31.2. The van der Waals surface area contributed by atoms with Crippen LogP contribution in [0, 0.1) is 0 Å². The van der Waals surface area contributed by atoms with E-state index < -0.39 is 15.3 Å². The number of nitrogens with one attached hydrogen (secondary N) is 2. The van der Waals surface area contributed by atoms with E-state index in [9.17, 15) is 13.2 Å². The van der Waals surface area contributed by atoms with Crippen LogP contribution in [0.5, 0.6) is 5.75 Å². The molecule has 6 nitrogen and oxygen atoms in total. The van der Waals surface area contributed by atoms with Crippen molar-refractivity contribution < 1.29 is 17.9 Å². The molecule has 2 aromatic carbocycles. The van der Waals surface area contributed by atoms with Gasteiger partial charge in [0.1, 0.15) is 5.75 Å². The van der Waals surface area contributed by atoms with Gasteiger partial charge in [-0.3, -0.25) is 9.52 Å². The van der Waals surface area contributed by atoms with Crippen LogP contribution in [-0.2, 0) is 10.0 Å². The molecule has 0 unspecified atom stereocenters. The molecule has 0 spiro atoms. The van der Waals surface area contributed by atoms with Crippen LogP contribution in [0.4, 0.5) is 11.4 Å². The lowest BCUT2D eigenvalue weighted by Gasteiger charge is -2.11. The van der Waals surface area contributed by atoms with Gasteiger partial charge in [-0.15, -0.1) is 0 Å². The Kier molecular flexibility index (Phi) is 5.92. The van der Waals surface area contributed by atoms with Crippen molar-refractivity contribution in [1.82, 2.24) is 0 Å². The van der Waals surface area contributed by atoms with Gasteiger partial charge in [0.05, 0.1) is 17.4 Å². The summed E-state index contributed by atoms with van der Waals surface area (Å²) >= 11 is 6.03. The van der Waals surface area contributed by atoms with E-state index in [1.54, 1.807) is 44.2 Å². The minimum absolute atomic E-state index is 0.334. The molecule has 25 heavy (non-hydrogen) atoms. The maximum atomic E-state index is 12.3. The predicted octanol–water partition coefficient (Wildman–Crippen LogP) is 3.75. The number of carbonyl (C=O) groups excluding carboxylic acids is 1. The number of methoxy groups -OCH3 is 1. The molecular weight excluding hydrogens is 364 g/mol. The summed E-state index contributed by atoms with van der Waals surface area (Å²) in [6.07, 6.45) is 0. The highest BCUT2D eigenvalue weighted by Crippen LogP contribution is 2.27. The second kappa shape index (κ2) is 7.76. The highest BCUT2D eigenvalue weighted by atomic mass is 35.5. The lowest BCUT2D eigenvalue weighted by molar-refractivity contribution is 0.102. The SMILES string of the molecule is COc1ccc(NC(=O)c2ccc(NS(=O)(=O)C(C)C)cc2)cc1Cl. The highest BCUT2D eigenvalue weighted by molar-refractivity contribution is 7.93. The zero-order chi connectivity index (χ0) is 18.6. The van der Waals surface area contributed by atoms with Crippen molar-refractivity contribution >= 4 is 38.9 Å². The van der Waals surface area contributed by atoms with E-state index in [0.29, 0.717) is 27.7 Å². The molecule has 2 N–H and O–H groups in total. The number of ether oxygens (including phenoxy) is 1. The van der Waals surface area contributed by atoms with Crippen molar-refractivity contribution in [2.75, 3.05) is 17.1 Å². The normalized spacial score (nSPS) is 11.2. The summed E-state index contributed by atoms with van der Waals surface area (Å²) in [6, 6.07) is 11.1. The van der Waals surface area contributed by atoms with Crippen LogP contribution < -0.4 is 14.8 Å². The average molecular weight is 383 g/mol. The topological polar surface area (TPSA) is 84.5 Å². The minimum Gasteiger partial charge on any atom is -0.495 e. The molecule has 2 aromatic rings. The maximum Gasteiger partial charge on any atom is 0.255 e. The largest absolute Gasteiger partial charge is 0.495 e. The number of carbonyl (C=O) groups is 1. The molecule has 0 heterocycles. The van der Waals surface area contributed by atoms with Gasteiger partial charge < -0.3 is 10.1 Å². The third-order valence-electron chi connectivity index (χ3n) is 3.44. The van der Waals surface area contributed by atoms with Crippen LogP contribution in [0.2, 0.25) is 5.02 Å². The van der Waals surface area contributed by atoms with Crippen LogP contribution in [0.3, 0.4) is 0 Å². The summed E-state index contributed by atoms with van der Waals surface area (Å²) in [5, 5.41) is 2.56. The van der Waals surface area contributed by atoms with Crippen LogP contribution in [-0.4, -0.2) is 26.7 Å². The van der Waals surface area contributed by atoms with Crippen molar-refractivity contribution in [3.8, 4) is 5.75 Å². The third-order valence-corrected chi connectivity index (χ3v) is 5.49. The van der Waals surface area contributed by atoms with Crippen LogP contribution in [0.1, 0.15) is 24.2 Å². The fraction of sp³-hybridized carbons (Fsp3) is 0.235. The Labute approximate surface area is 152 Å². The summed E-state index contributed by atoms with van der Waals surface area (Å²) in [7, 11) is -1.91. The van der Waals surface area contributed by atoms with Crippen molar-refractivity contribution in [3.63, 3.8) is 0 Å². The monoisotopic (exact) mass is 382 g/mol. The molecule has 0 saturated carbocycles. The molecule has 2 rings (SSSR count). The summed E-state index contributed by atoms with van der Waals surface area (Å²) in [5.41, 5.74) is 1.32. The van der Waals surface area contributed by atoms with Gasteiger partial charge in [-0.05, 0) is 56.3 Å². The van der Waals surface area contributed by atoms with E-state index in [-0.39, 0.29) is 5.91 Å². The van der Waals surface area contributed by atoms with Crippen molar-refractivity contribution in [3.05, 3.63) is 53.1 Å². The Morgan fingerprint density at radius 3 is 2.20 bits per heavy atom. The molecule has 0 aliphatic rings. The number of sulfonamides is 1. The molecule has 0 atom stereocenters. The van der Waals surface area contributed by atoms with Gasteiger partial charge >= 0.3 is 0 Å².